The fraction of sp³-hybridized carbons (Fsp3) is 0.240. The zero-order valence-electron chi connectivity index (χ0n) is 19.3. The number of fused-ring (bicyclic) bond motifs is 2. The summed E-state index contributed by atoms with van der Waals surface area (Å²) < 4.78 is 9.71. The van der Waals surface area contributed by atoms with Gasteiger partial charge in [-0.3, -0.25) is 18.5 Å². The van der Waals surface area contributed by atoms with Crippen molar-refractivity contribution in [1.82, 2.24) is 23.7 Å². The summed E-state index contributed by atoms with van der Waals surface area (Å²) in [7, 11) is 4.73. The Hall–Kier alpha value is -4.27. The van der Waals surface area contributed by atoms with Crippen molar-refractivity contribution >= 4 is 28.0 Å². The number of hydrogen-bond acceptors (Lipinski definition) is 5. The average molecular weight is 459 g/mol. The van der Waals surface area contributed by atoms with Crippen LogP contribution in [-0.4, -0.2) is 37.3 Å². The number of H-pyrrole nitrogens is 1. The molecular weight excluding hydrogens is 432 g/mol. The quantitative estimate of drug-likeness (QED) is 0.391. The van der Waals surface area contributed by atoms with E-state index in [4.69, 9.17) is 4.74 Å². The molecule has 0 radical (unpaired) electrons. The molecule has 174 valence electrons. The van der Waals surface area contributed by atoms with Crippen molar-refractivity contribution in [3.05, 3.63) is 86.7 Å². The summed E-state index contributed by atoms with van der Waals surface area (Å²) in [4.78, 5) is 33.5. The molecule has 3 heterocycles. The van der Waals surface area contributed by atoms with Crippen molar-refractivity contribution in [2.75, 3.05) is 19.0 Å². The Bertz CT molecular complexity index is 1620. The van der Waals surface area contributed by atoms with E-state index in [2.05, 4.69) is 27.4 Å². The number of rotatable bonds is 7. The van der Waals surface area contributed by atoms with Gasteiger partial charge in [0.1, 0.15) is 5.75 Å². The Morgan fingerprint density at radius 2 is 1.88 bits per heavy atom. The molecule has 0 amide bonds. The lowest BCUT2D eigenvalue weighted by molar-refractivity contribution is 0.414. The van der Waals surface area contributed by atoms with Crippen LogP contribution in [0.15, 0.2) is 64.3 Å². The lowest BCUT2D eigenvalue weighted by Gasteiger charge is -2.12. The molecule has 0 aliphatic rings. The smallest absolute Gasteiger partial charge is 0.332 e. The average Bonchev–Trinajstić information content (AvgIpc) is 3.43. The van der Waals surface area contributed by atoms with Crippen molar-refractivity contribution in [2.45, 2.75) is 13.0 Å². The molecule has 0 fully saturated rings. The van der Waals surface area contributed by atoms with Crippen LogP contribution in [0.3, 0.4) is 0 Å². The van der Waals surface area contributed by atoms with Gasteiger partial charge in [-0.2, -0.15) is 4.98 Å². The molecule has 3 aromatic heterocycles. The molecule has 0 spiro atoms. The molecule has 0 saturated carbocycles. The molecule has 0 aliphatic heterocycles. The number of benzene rings is 2. The van der Waals surface area contributed by atoms with Crippen molar-refractivity contribution in [1.29, 1.82) is 0 Å². The maximum Gasteiger partial charge on any atom is 0.332 e. The minimum Gasteiger partial charge on any atom is -0.497 e. The number of para-hydroxylation sites is 1. The second-order valence-corrected chi connectivity index (χ2v) is 8.29. The molecule has 9 nitrogen and oxygen atoms in total. The minimum atomic E-state index is -0.408. The van der Waals surface area contributed by atoms with Gasteiger partial charge in [-0.05, 0) is 35.7 Å². The highest BCUT2D eigenvalue weighted by atomic mass is 16.5. The second-order valence-electron chi connectivity index (χ2n) is 8.29. The van der Waals surface area contributed by atoms with E-state index in [9.17, 15) is 9.59 Å². The summed E-state index contributed by atoms with van der Waals surface area (Å²) in [6, 6.07) is 15.9. The summed E-state index contributed by atoms with van der Waals surface area (Å²) in [6.45, 7) is 1.01. The van der Waals surface area contributed by atoms with Gasteiger partial charge in [0.2, 0.25) is 5.95 Å². The van der Waals surface area contributed by atoms with E-state index in [1.807, 2.05) is 47.2 Å². The number of aromatic amines is 1. The number of hydrogen-bond donors (Lipinski definition) is 2. The van der Waals surface area contributed by atoms with Crippen LogP contribution in [0.5, 0.6) is 5.75 Å². The first-order valence-electron chi connectivity index (χ1n) is 11.1. The molecule has 2 N–H and O–H groups in total. The molecule has 9 heteroatoms. The number of nitrogens with one attached hydrogen (secondary N) is 2. The van der Waals surface area contributed by atoms with Crippen LogP contribution >= 0.6 is 0 Å². The minimum absolute atomic E-state index is 0.352. The first-order chi connectivity index (χ1) is 16.5. The van der Waals surface area contributed by atoms with Crippen molar-refractivity contribution in [2.24, 2.45) is 14.1 Å². The topological polar surface area (TPSA) is 98.9 Å². The molecular formula is C25H26N6O3. The number of anilines is 1. The van der Waals surface area contributed by atoms with Crippen molar-refractivity contribution < 1.29 is 4.74 Å². The number of aryl methyl sites for hydroxylation is 1. The molecule has 5 rings (SSSR count). The number of imidazole rings is 1. The molecule has 0 unspecified atom stereocenters. The Balaban J connectivity index is 1.53. The lowest BCUT2D eigenvalue weighted by Crippen LogP contribution is -2.37. The highest BCUT2D eigenvalue weighted by Crippen LogP contribution is 2.21. The maximum absolute atomic E-state index is 13.1. The Morgan fingerprint density at radius 3 is 2.71 bits per heavy atom. The van der Waals surface area contributed by atoms with Crippen molar-refractivity contribution in [3.63, 3.8) is 0 Å². The largest absolute Gasteiger partial charge is 0.497 e. The molecule has 0 saturated heterocycles. The second kappa shape index (κ2) is 8.58. The van der Waals surface area contributed by atoms with Gasteiger partial charge in [0.25, 0.3) is 5.56 Å². The van der Waals surface area contributed by atoms with Gasteiger partial charge in [-0.15, -0.1) is 0 Å². The summed E-state index contributed by atoms with van der Waals surface area (Å²) in [5, 5.41) is 4.58. The van der Waals surface area contributed by atoms with Crippen LogP contribution in [0.2, 0.25) is 0 Å². The van der Waals surface area contributed by atoms with E-state index >= 15 is 0 Å². The van der Waals surface area contributed by atoms with Gasteiger partial charge < -0.3 is 15.0 Å². The normalized spacial score (nSPS) is 11.4. The van der Waals surface area contributed by atoms with Crippen LogP contribution in [0.1, 0.15) is 11.1 Å². The molecule has 2 aromatic carbocycles. The number of nitrogens with zero attached hydrogens (tertiary/aromatic N) is 4. The SMILES string of the molecule is COc1cccc(Cn2c(NCCc3c[nH]c4ccccc34)nc3c2c(=O)n(C)c(=O)n3C)c1. The molecule has 0 atom stereocenters. The maximum atomic E-state index is 13.1. The highest BCUT2D eigenvalue weighted by molar-refractivity contribution is 5.83. The van der Waals surface area contributed by atoms with Crippen LogP contribution in [0.25, 0.3) is 22.1 Å². The Labute approximate surface area is 195 Å². The van der Waals surface area contributed by atoms with Crippen LogP contribution < -0.4 is 21.3 Å². The van der Waals surface area contributed by atoms with Gasteiger partial charge in [-0.25, -0.2) is 4.79 Å². The van der Waals surface area contributed by atoms with Gasteiger partial charge in [0, 0.05) is 37.7 Å². The van der Waals surface area contributed by atoms with Gasteiger partial charge in [-0.1, -0.05) is 30.3 Å². The predicted molar refractivity (Wildman–Crippen MR) is 133 cm³/mol. The third-order valence-electron chi connectivity index (χ3n) is 6.18. The molecule has 0 bridgehead atoms. The molecule has 34 heavy (non-hydrogen) atoms. The van der Waals surface area contributed by atoms with Crippen LogP contribution in [-0.2, 0) is 27.1 Å². The third kappa shape index (κ3) is 3.64. The fourth-order valence-corrected chi connectivity index (χ4v) is 4.34. The van der Waals surface area contributed by atoms with Crippen LogP contribution in [0.4, 0.5) is 5.95 Å². The van der Waals surface area contributed by atoms with E-state index < -0.39 is 5.69 Å². The molecule has 0 aliphatic carbocycles. The van der Waals surface area contributed by atoms with E-state index in [1.54, 1.807) is 14.2 Å². The summed E-state index contributed by atoms with van der Waals surface area (Å²) in [5.74, 6) is 1.27. The fourth-order valence-electron chi connectivity index (χ4n) is 4.34. The number of methoxy groups -OCH3 is 1. The Kier molecular flexibility index (Phi) is 5.45. The monoisotopic (exact) mass is 458 g/mol. The van der Waals surface area contributed by atoms with E-state index in [0.717, 1.165) is 27.8 Å². The highest BCUT2D eigenvalue weighted by Gasteiger charge is 2.19. The predicted octanol–water partition coefficient (Wildman–Crippen LogP) is 2.63. The zero-order chi connectivity index (χ0) is 23.8. The summed E-state index contributed by atoms with van der Waals surface area (Å²) in [6.07, 6.45) is 2.79. The van der Waals surface area contributed by atoms with E-state index in [1.165, 1.54) is 22.6 Å². The standard InChI is InChI=1S/C25H26N6O3/c1-29-22-21(23(32)30(2)25(29)33)31(15-16-7-6-8-18(13-16)34-3)24(28-22)26-12-11-17-14-27-20-10-5-4-9-19(17)20/h4-10,13-14,27H,11-12,15H2,1-3H3,(H,26,28). The van der Waals surface area contributed by atoms with Crippen molar-refractivity contribution in [3.8, 4) is 5.75 Å². The van der Waals surface area contributed by atoms with Gasteiger partial charge in [0.05, 0.1) is 13.7 Å². The number of aromatic nitrogens is 5. The lowest BCUT2D eigenvalue weighted by atomic mass is 10.1. The summed E-state index contributed by atoms with van der Waals surface area (Å²) in [5.41, 5.74) is 3.19. The van der Waals surface area contributed by atoms with E-state index in [-0.39, 0.29) is 5.56 Å². The van der Waals surface area contributed by atoms with Gasteiger partial charge >= 0.3 is 5.69 Å². The number of ether oxygens (including phenoxy) is 1. The summed E-state index contributed by atoms with van der Waals surface area (Å²) >= 11 is 0. The van der Waals surface area contributed by atoms with E-state index in [0.29, 0.717) is 30.2 Å². The first kappa shape index (κ1) is 21.6. The Morgan fingerprint density at radius 1 is 1.06 bits per heavy atom. The van der Waals surface area contributed by atoms with Crippen LogP contribution in [0, 0.1) is 0 Å². The third-order valence-corrected chi connectivity index (χ3v) is 6.18. The molecule has 5 aromatic rings. The zero-order valence-corrected chi connectivity index (χ0v) is 19.3. The first-order valence-corrected chi connectivity index (χ1v) is 11.1. The van der Waals surface area contributed by atoms with Gasteiger partial charge in [0.15, 0.2) is 11.2 Å².